The van der Waals surface area contributed by atoms with Crippen LogP contribution in [0.5, 0.6) is 5.75 Å². The molecule has 28 heavy (non-hydrogen) atoms. The van der Waals surface area contributed by atoms with Crippen LogP contribution in [-0.4, -0.2) is 11.6 Å². The van der Waals surface area contributed by atoms with Crippen LogP contribution >= 0.6 is 22.9 Å². The lowest BCUT2D eigenvalue weighted by atomic mass is 10.2. The third kappa shape index (κ3) is 5.35. The molecule has 0 spiro atoms. The van der Waals surface area contributed by atoms with Crippen molar-refractivity contribution >= 4 is 34.2 Å². The van der Waals surface area contributed by atoms with Crippen LogP contribution in [-0.2, 0) is 0 Å². The fraction of sp³-hybridized carbons (Fsp3) is 0.182. The topological polar surface area (TPSA) is 57.9 Å². The van der Waals surface area contributed by atoms with Gasteiger partial charge in [0.2, 0.25) is 0 Å². The number of nitrogens with one attached hydrogen (secondary N) is 1. The lowest BCUT2D eigenvalue weighted by Gasteiger charge is -2.06. The van der Waals surface area contributed by atoms with Gasteiger partial charge in [0.15, 0.2) is 0 Å². The molecule has 1 heterocycles. The highest BCUT2D eigenvalue weighted by Gasteiger charge is 2.09. The number of ether oxygens (including phenoxy) is 1. The number of hydrogen-bond donors (Lipinski definition) is 1. The zero-order valence-corrected chi connectivity index (χ0v) is 17.1. The Kier molecular flexibility index (Phi) is 7.07. The molecule has 0 saturated carbocycles. The predicted octanol–water partition coefficient (Wildman–Crippen LogP) is 6.62. The van der Waals surface area contributed by atoms with E-state index in [0.29, 0.717) is 15.6 Å². The molecular formula is C22H20ClN3OS. The van der Waals surface area contributed by atoms with Crippen LogP contribution in [0.4, 0.5) is 5.69 Å². The Morgan fingerprint density at radius 1 is 1.21 bits per heavy atom. The number of nitrogens with zero attached hydrogens (tertiary/aromatic N) is 2. The Bertz CT molecular complexity index is 972. The largest absolute Gasteiger partial charge is 0.494 e. The van der Waals surface area contributed by atoms with Gasteiger partial charge in [0.1, 0.15) is 22.4 Å². The van der Waals surface area contributed by atoms with Gasteiger partial charge >= 0.3 is 0 Å². The van der Waals surface area contributed by atoms with E-state index in [0.717, 1.165) is 42.1 Å². The van der Waals surface area contributed by atoms with E-state index in [1.54, 1.807) is 6.20 Å². The van der Waals surface area contributed by atoms with Crippen LogP contribution < -0.4 is 10.1 Å². The normalized spacial score (nSPS) is 11.1. The molecule has 142 valence electrons. The molecule has 0 atom stereocenters. The van der Waals surface area contributed by atoms with E-state index < -0.39 is 0 Å². The molecule has 4 nitrogen and oxygen atoms in total. The van der Waals surface area contributed by atoms with Crippen molar-refractivity contribution in [3.05, 3.63) is 70.1 Å². The van der Waals surface area contributed by atoms with Crippen molar-refractivity contribution < 1.29 is 4.74 Å². The second kappa shape index (κ2) is 9.93. The molecule has 2 aromatic carbocycles. The number of nitriles is 1. The van der Waals surface area contributed by atoms with Crippen LogP contribution in [0.3, 0.4) is 0 Å². The Morgan fingerprint density at radius 2 is 1.96 bits per heavy atom. The first-order chi connectivity index (χ1) is 13.7. The van der Waals surface area contributed by atoms with Gasteiger partial charge in [-0.25, -0.2) is 4.98 Å². The molecule has 0 aliphatic heterocycles. The van der Waals surface area contributed by atoms with Crippen LogP contribution in [0, 0.1) is 11.3 Å². The molecular weight excluding hydrogens is 390 g/mol. The average Bonchev–Trinajstić information content (AvgIpc) is 3.20. The highest BCUT2D eigenvalue weighted by molar-refractivity contribution is 7.11. The summed E-state index contributed by atoms with van der Waals surface area (Å²) in [5.41, 5.74) is 3.15. The smallest absolute Gasteiger partial charge is 0.136 e. The first kappa shape index (κ1) is 19.9. The fourth-order valence-corrected chi connectivity index (χ4v) is 3.35. The summed E-state index contributed by atoms with van der Waals surface area (Å²) in [6.07, 6.45) is 3.83. The molecule has 6 heteroatoms. The van der Waals surface area contributed by atoms with Crippen LogP contribution in [0.15, 0.2) is 60.1 Å². The number of aromatic nitrogens is 1. The monoisotopic (exact) mass is 409 g/mol. The number of rotatable bonds is 8. The maximum atomic E-state index is 9.51. The summed E-state index contributed by atoms with van der Waals surface area (Å²) in [7, 11) is 0. The van der Waals surface area contributed by atoms with Gasteiger partial charge in [0, 0.05) is 27.9 Å². The lowest BCUT2D eigenvalue weighted by molar-refractivity contribution is 0.309. The molecule has 0 amide bonds. The Hall–Kier alpha value is -2.81. The van der Waals surface area contributed by atoms with E-state index in [-0.39, 0.29) is 0 Å². The maximum Gasteiger partial charge on any atom is 0.136 e. The van der Waals surface area contributed by atoms with Gasteiger partial charge in [-0.1, -0.05) is 37.1 Å². The van der Waals surface area contributed by atoms with Crippen LogP contribution in [0.25, 0.3) is 16.8 Å². The Labute approximate surface area is 174 Å². The number of allylic oxidation sites excluding steroid dienone is 1. The van der Waals surface area contributed by atoms with Crippen molar-refractivity contribution in [2.75, 3.05) is 11.9 Å². The van der Waals surface area contributed by atoms with Gasteiger partial charge < -0.3 is 10.1 Å². The number of benzene rings is 2. The second-order valence-corrected chi connectivity index (χ2v) is 7.38. The fourth-order valence-electron chi connectivity index (χ4n) is 2.43. The molecule has 1 aromatic heterocycles. The molecule has 0 aliphatic carbocycles. The molecule has 1 N–H and O–H groups in total. The lowest BCUT2D eigenvalue weighted by Crippen LogP contribution is -1.96. The number of halogens is 1. The van der Waals surface area contributed by atoms with Gasteiger partial charge in [0.25, 0.3) is 0 Å². The molecule has 0 bridgehead atoms. The van der Waals surface area contributed by atoms with E-state index in [4.69, 9.17) is 16.3 Å². The van der Waals surface area contributed by atoms with Gasteiger partial charge in [-0.15, -0.1) is 11.3 Å². The number of thiazole rings is 1. The van der Waals surface area contributed by atoms with Crippen molar-refractivity contribution in [1.82, 2.24) is 4.98 Å². The highest BCUT2D eigenvalue weighted by atomic mass is 35.5. The van der Waals surface area contributed by atoms with E-state index in [2.05, 4.69) is 23.3 Å². The average molecular weight is 410 g/mol. The minimum absolute atomic E-state index is 0.480. The summed E-state index contributed by atoms with van der Waals surface area (Å²) >= 11 is 7.37. The SMILES string of the molecule is CCCCOc1ccc(N/C=C(/C#N)c2nc(-c3ccc(Cl)cc3)cs2)cc1. The summed E-state index contributed by atoms with van der Waals surface area (Å²) in [6, 6.07) is 17.4. The molecule has 3 rings (SSSR count). The minimum atomic E-state index is 0.480. The van der Waals surface area contributed by atoms with Gasteiger partial charge in [-0.3, -0.25) is 0 Å². The maximum absolute atomic E-state index is 9.51. The summed E-state index contributed by atoms with van der Waals surface area (Å²) < 4.78 is 5.66. The van der Waals surface area contributed by atoms with E-state index in [9.17, 15) is 5.26 Å². The third-order valence-electron chi connectivity index (χ3n) is 4.00. The standard InChI is InChI=1S/C22H20ClN3OS/c1-2-3-12-27-20-10-8-19(9-11-20)25-14-17(13-24)22-26-21(15-28-22)16-4-6-18(23)7-5-16/h4-11,14-15,25H,2-3,12H2,1H3/b17-14-. The molecule has 0 aliphatic rings. The molecule has 3 aromatic rings. The van der Waals surface area contributed by atoms with Gasteiger partial charge in [-0.2, -0.15) is 5.26 Å². The number of hydrogen-bond acceptors (Lipinski definition) is 5. The summed E-state index contributed by atoms with van der Waals surface area (Å²) in [4.78, 5) is 4.57. The van der Waals surface area contributed by atoms with E-state index in [1.165, 1.54) is 11.3 Å². The van der Waals surface area contributed by atoms with Gasteiger partial charge in [0.05, 0.1) is 12.3 Å². The molecule has 0 radical (unpaired) electrons. The van der Waals surface area contributed by atoms with Crippen molar-refractivity contribution in [2.45, 2.75) is 19.8 Å². The highest BCUT2D eigenvalue weighted by Crippen LogP contribution is 2.27. The van der Waals surface area contributed by atoms with Crippen molar-refractivity contribution in [2.24, 2.45) is 0 Å². The van der Waals surface area contributed by atoms with Crippen molar-refractivity contribution in [3.8, 4) is 23.1 Å². The van der Waals surface area contributed by atoms with E-state index >= 15 is 0 Å². The Morgan fingerprint density at radius 3 is 2.64 bits per heavy atom. The predicted molar refractivity (Wildman–Crippen MR) is 117 cm³/mol. The van der Waals surface area contributed by atoms with Crippen molar-refractivity contribution in [3.63, 3.8) is 0 Å². The number of anilines is 1. The molecule has 0 fully saturated rings. The summed E-state index contributed by atoms with van der Waals surface area (Å²) in [5.74, 6) is 0.844. The van der Waals surface area contributed by atoms with Crippen molar-refractivity contribution in [1.29, 1.82) is 5.26 Å². The van der Waals surface area contributed by atoms with Gasteiger partial charge in [-0.05, 0) is 42.8 Å². The zero-order valence-electron chi connectivity index (χ0n) is 15.5. The minimum Gasteiger partial charge on any atom is -0.494 e. The zero-order chi connectivity index (χ0) is 19.8. The second-order valence-electron chi connectivity index (χ2n) is 6.09. The summed E-state index contributed by atoms with van der Waals surface area (Å²) in [5, 5.41) is 15.9. The van der Waals surface area contributed by atoms with Crippen LogP contribution in [0.1, 0.15) is 24.8 Å². The molecule has 0 saturated heterocycles. The number of unbranched alkanes of at least 4 members (excludes halogenated alkanes) is 1. The first-order valence-corrected chi connectivity index (χ1v) is 10.3. The molecule has 0 unspecified atom stereocenters. The quantitative estimate of drug-likeness (QED) is 0.335. The summed E-state index contributed by atoms with van der Waals surface area (Å²) in [6.45, 7) is 2.86. The Balaban J connectivity index is 1.67. The first-order valence-electron chi connectivity index (χ1n) is 9.01. The third-order valence-corrected chi connectivity index (χ3v) is 5.13. The van der Waals surface area contributed by atoms with Crippen LogP contribution in [0.2, 0.25) is 5.02 Å². The van der Waals surface area contributed by atoms with E-state index in [1.807, 2.05) is 53.9 Å².